The van der Waals surface area contributed by atoms with Crippen molar-refractivity contribution in [1.82, 2.24) is 15.1 Å². The van der Waals surface area contributed by atoms with Crippen LogP contribution in [-0.2, 0) is 11.1 Å². The first-order chi connectivity index (χ1) is 16.2. The van der Waals surface area contributed by atoms with E-state index >= 15 is 0 Å². The monoisotopic (exact) mass is 460 g/mol. The summed E-state index contributed by atoms with van der Waals surface area (Å²) < 4.78 is 1.91. The summed E-state index contributed by atoms with van der Waals surface area (Å²) >= 11 is 0. The van der Waals surface area contributed by atoms with Gasteiger partial charge in [0.25, 0.3) is 5.91 Å². The molecule has 1 aliphatic heterocycles. The molecule has 0 saturated carbocycles. The SMILES string of the molecule is CCC(CC)(NC(=O)c1cnn2c1NC(c1ccccc1)CC2(C)C)c1ccc(C(=O)O)cc1. The zero-order valence-electron chi connectivity index (χ0n) is 20.1. The van der Waals surface area contributed by atoms with E-state index in [4.69, 9.17) is 0 Å². The van der Waals surface area contributed by atoms with Gasteiger partial charge in [-0.3, -0.25) is 4.79 Å². The smallest absolute Gasteiger partial charge is 0.335 e. The molecule has 7 nitrogen and oxygen atoms in total. The second kappa shape index (κ2) is 8.97. The van der Waals surface area contributed by atoms with Gasteiger partial charge in [-0.2, -0.15) is 5.10 Å². The second-order valence-electron chi connectivity index (χ2n) is 9.57. The Morgan fingerprint density at radius 1 is 1.12 bits per heavy atom. The van der Waals surface area contributed by atoms with Crippen molar-refractivity contribution in [3.05, 3.63) is 83.0 Å². The average molecular weight is 461 g/mol. The zero-order valence-corrected chi connectivity index (χ0v) is 20.1. The molecule has 34 heavy (non-hydrogen) atoms. The van der Waals surface area contributed by atoms with Gasteiger partial charge in [-0.25, -0.2) is 9.48 Å². The number of carbonyl (C=O) groups is 2. The number of nitrogens with zero attached hydrogens (tertiary/aromatic N) is 2. The summed E-state index contributed by atoms with van der Waals surface area (Å²) in [4.78, 5) is 24.9. The van der Waals surface area contributed by atoms with Crippen LogP contribution in [0.4, 0.5) is 5.82 Å². The molecule has 1 unspecified atom stereocenters. The first-order valence-electron chi connectivity index (χ1n) is 11.8. The van der Waals surface area contributed by atoms with E-state index in [1.54, 1.807) is 30.5 Å². The molecule has 1 aliphatic rings. The fourth-order valence-corrected chi connectivity index (χ4v) is 4.92. The number of hydrogen-bond acceptors (Lipinski definition) is 4. The van der Waals surface area contributed by atoms with Gasteiger partial charge < -0.3 is 15.7 Å². The Labute approximate surface area is 200 Å². The molecule has 0 fully saturated rings. The molecule has 0 spiro atoms. The number of anilines is 1. The van der Waals surface area contributed by atoms with E-state index in [9.17, 15) is 14.7 Å². The summed E-state index contributed by atoms with van der Waals surface area (Å²) in [6.45, 7) is 8.31. The van der Waals surface area contributed by atoms with Crippen molar-refractivity contribution < 1.29 is 14.7 Å². The van der Waals surface area contributed by atoms with Gasteiger partial charge in [0, 0.05) is 0 Å². The molecule has 0 radical (unpaired) electrons. The number of amides is 1. The first kappa shape index (κ1) is 23.5. The summed E-state index contributed by atoms with van der Waals surface area (Å²) in [5, 5.41) is 20.6. The maximum atomic E-state index is 13.6. The molecule has 3 N–H and O–H groups in total. The van der Waals surface area contributed by atoms with Crippen LogP contribution in [0, 0.1) is 0 Å². The normalized spacial score (nSPS) is 16.9. The lowest BCUT2D eigenvalue weighted by Crippen LogP contribution is -2.45. The minimum absolute atomic E-state index is 0.0672. The summed E-state index contributed by atoms with van der Waals surface area (Å²) in [7, 11) is 0. The van der Waals surface area contributed by atoms with E-state index < -0.39 is 11.5 Å². The van der Waals surface area contributed by atoms with Crippen LogP contribution in [0.5, 0.6) is 0 Å². The third-order valence-corrected chi connectivity index (χ3v) is 7.05. The summed E-state index contributed by atoms with van der Waals surface area (Å²) in [5.74, 6) is -0.462. The number of benzene rings is 2. The largest absolute Gasteiger partial charge is 0.478 e. The molecule has 2 heterocycles. The fourth-order valence-electron chi connectivity index (χ4n) is 4.92. The van der Waals surface area contributed by atoms with Gasteiger partial charge in [-0.05, 0) is 56.4 Å². The number of hydrogen-bond donors (Lipinski definition) is 3. The van der Waals surface area contributed by atoms with Crippen molar-refractivity contribution in [2.75, 3.05) is 5.32 Å². The lowest BCUT2D eigenvalue weighted by atomic mass is 9.84. The Kier molecular flexibility index (Phi) is 6.21. The van der Waals surface area contributed by atoms with Crippen molar-refractivity contribution in [2.45, 2.75) is 64.1 Å². The van der Waals surface area contributed by atoms with Crippen molar-refractivity contribution in [3.63, 3.8) is 0 Å². The van der Waals surface area contributed by atoms with Crippen LogP contribution in [-0.4, -0.2) is 26.8 Å². The third-order valence-electron chi connectivity index (χ3n) is 7.05. The van der Waals surface area contributed by atoms with Gasteiger partial charge >= 0.3 is 5.97 Å². The number of carboxylic acids is 1. The Hall–Kier alpha value is -3.61. The lowest BCUT2D eigenvalue weighted by Gasteiger charge is -2.38. The quantitative estimate of drug-likeness (QED) is 0.444. The minimum Gasteiger partial charge on any atom is -0.478 e. The Morgan fingerprint density at radius 2 is 1.76 bits per heavy atom. The van der Waals surface area contributed by atoms with E-state index in [0.717, 1.165) is 12.0 Å². The van der Waals surface area contributed by atoms with Crippen molar-refractivity contribution in [1.29, 1.82) is 0 Å². The highest BCUT2D eigenvalue weighted by molar-refractivity contribution is 5.99. The van der Waals surface area contributed by atoms with Crippen LogP contribution in [0.2, 0.25) is 0 Å². The number of aromatic carboxylic acids is 1. The zero-order chi connectivity index (χ0) is 24.5. The van der Waals surface area contributed by atoms with E-state index in [0.29, 0.717) is 24.2 Å². The number of carboxylic acid groups (broad SMARTS) is 1. The topological polar surface area (TPSA) is 96.3 Å². The predicted molar refractivity (Wildman–Crippen MR) is 132 cm³/mol. The molecule has 1 amide bonds. The number of aromatic nitrogens is 2. The van der Waals surface area contributed by atoms with E-state index in [1.807, 2.05) is 36.7 Å². The second-order valence-corrected chi connectivity index (χ2v) is 9.57. The van der Waals surface area contributed by atoms with Crippen molar-refractivity contribution in [2.24, 2.45) is 0 Å². The maximum absolute atomic E-state index is 13.6. The van der Waals surface area contributed by atoms with Crippen LogP contribution in [0.25, 0.3) is 0 Å². The highest BCUT2D eigenvalue weighted by Gasteiger charge is 2.38. The molecule has 0 saturated heterocycles. The number of carbonyl (C=O) groups excluding carboxylic acids is 1. The Balaban J connectivity index is 1.66. The van der Waals surface area contributed by atoms with Crippen molar-refractivity contribution in [3.8, 4) is 0 Å². The molecule has 3 aromatic rings. The van der Waals surface area contributed by atoms with E-state index in [-0.39, 0.29) is 23.1 Å². The summed E-state index contributed by atoms with van der Waals surface area (Å²) in [6.07, 6.45) is 3.81. The minimum atomic E-state index is -0.970. The van der Waals surface area contributed by atoms with Crippen LogP contribution in [0.15, 0.2) is 60.8 Å². The average Bonchev–Trinajstić information content (AvgIpc) is 3.28. The molecule has 1 atom stereocenters. The molecule has 2 aromatic carbocycles. The standard InChI is InChI=1S/C27H32N4O3/c1-5-27(6-2,20-14-12-19(13-15-20)25(33)34)30-24(32)21-17-28-31-23(21)29-22(16-26(31,3)4)18-10-8-7-9-11-18/h7-15,17,22,29H,5-6,16H2,1-4H3,(H,30,32)(H,33,34). The number of rotatable bonds is 7. The molecule has 0 aliphatic carbocycles. The van der Waals surface area contributed by atoms with Crippen LogP contribution in [0.3, 0.4) is 0 Å². The molecule has 4 rings (SSSR count). The van der Waals surface area contributed by atoms with Crippen LogP contribution in [0.1, 0.15) is 84.8 Å². The Morgan fingerprint density at radius 3 is 2.35 bits per heavy atom. The van der Waals surface area contributed by atoms with Gasteiger partial charge in [0.2, 0.25) is 0 Å². The highest BCUT2D eigenvalue weighted by atomic mass is 16.4. The van der Waals surface area contributed by atoms with Gasteiger partial charge in [0.1, 0.15) is 11.4 Å². The lowest BCUT2D eigenvalue weighted by molar-refractivity contribution is 0.0696. The molecular formula is C27H32N4O3. The van der Waals surface area contributed by atoms with E-state index in [2.05, 4.69) is 41.7 Å². The van der Waals surface area contributed by atoms with E-state index in [1.165, 1.54) is 5.56 Å². The molecular weight excluding hydrogens is 428 g/mol. The summed E-state index contributed by atoms with van der Waals surface area (Å²) in [5.41, 5.74) is 1.89. The molecule has 178 valence electrons. The third kappa shape index (κ3) is 4.18. The fraction of sp³-hybridized carbons (Fsp3) is 0.370. The van der Waals surface area contributed by atoms with Gasteiger partial charge in [0.15, 0.2) is 0 Å². The molecule has 7 heteroatoms. The highest BCUT2D eigenvalue weighted by Crippen LogP contribution is 2.40. The number of nitrogens with one attached hydrogen (secondary N) is 2. The van der Waals surface area contributed by atoms with Crippen molar-refractivity contribution >= 4 is 17.7 Å². The van der Waals surface area contributed by atoms with Gasteiger partial charge in [-0.1, -0.05) is 56.3 Å². The Bertz CT molecular complexity index is 1180. The van der Waals surface area contributed by atoms with Crippen LogP contribution < -0.4 is 10.6 Å². The number of fused-ring (bicyclic) bond motifs is 1. The molecule has 0 bridgehead atoms. The van der Waals surface area contributed by atoms with Crippen LogP contribution >= 0.6 is 0 Å². The van der Waals surface area contributed by atoms with Gasteiger partial charge in [-0.15, -0.1) is 0 Å². The molecule has 1 aromatic heterocycles. The first-order valence-corrected chi connectivity index (χ1v) is 11.8. The maximum Gasteiger partial charge on any atom is 0.335 e. The summed E-state index contributed by atoms with van der Waals surface area (Å²) in [6, 6.07) is 17.1. The van der Waals surface area contributed by atoms with Gasteiger partial charge in [0.05, 0.1) is 28.9 Å². The predicted octanol–water partition coefficient (Wildman–Crippen LogP) is 5.32.